The molecule has 2 rings (SSSR count). The van der Waals surface area contributed by atoms with Gasteiger partial charge in [-0.2, -0.15) is 0 Å². The lowest BCUT2D eigenvalue weighted by atomic mass is 10.1. The van der Waals surface area contributed by atoms with Gasteiger partial charge in [0.05, 0.1) is 12.7 Å². The van der Waals surface area contributed by atoms with Crippen molar-refractivity contribution in [1.29, 1.82) is 0 Å². The Bertz CT molecular complexity index is 442. The first-order valence-electron chi connectivity index (χ1n) is 7.90. The van der Waals surface area contributed by atoms with Crippen LogP contribution in [-0.2, 0) is 4.74 Å². The number of benzene rings is 1. The molecule has 1 aliphatic heterocycles. The number of hydrogen-bond acceptors (Lipinski definition) is 4. The van der Waals surface area contributed by atoms with Gasteiger partial charge in [0.25, 0.3) is 0 Å². The lowest BCUT2D eigenvalue weighted by Crippen LogP contribution is -2.49. The highest BCUT2D eigenvalue weighted by Crippen LogP contribution is 2.20. The molecular formula is C17H28N2O2. The van der Waals surface area contributed by atoms with Gasteiger partial charge in [-0.05, 0) is 44.0 Å². The number of aryl methyl sites for hydroxylation is 2. The van der Waals surface area contributed by atoms with E-state index in [0.717, 1.165) is 26.2 Å². The molecule has 1 heterocycles. The van der Waals surface area contributed by atoms with Gasteiger partial charge in [-0.25, -0.2) is 0 Å². The van der Waals surface area contributed by atoms with Crippen molar-refractivity contribution < 1.29 is 9.84 Å². The largest absolute Gasteiger partial charge is 0.389 e. The van der Waals surface area contributed by atoms with Gasteiger partial charge in [0, 0.05) is 45.0 Å². The Morgan fingerprint density at radius 2 is 1.86 bits per heavy atom. The Labute approximate surface area is 128 Å². The highest BCUT2D eigenvalue weighted by Gasteiger charge is 2.19. The number of ether oxygens (including phenoxy) is 1. The quantitative estimate of drug-likeness (QED) is 0.867. The van der Waals surface area contributed by atoms with Crippen molar-refractivity contribution in [3.05, 3.63) is 29.3 Å². The van der Waals surface area contributed by atoms with E-state index in [9.17, 15) is 5.11 Å². The van der Waals surface area contributed by atoms with Crippen LogP contribution < -0.4 is 4.90 Å². The minimum Gasteiger partial charge on any atom is -0.389 e. The fourth-order valence-electron chi connectivity index (χ4n) is 2.72. The van der Waals surface area contributed by atoms with Crippen LogP contribution in [0.25, 0.3) is 0 Å². The maximum atomic E-state index is 9.90. The lowest BCUT2D eigenvalue weighted by Gasteiger charge is -2.37. The summed E-state index contributed by atoms with van der Waals surface area (Å²) < 4.78 is 5.26. The summed E-state index contributed by atoms with van der Waals surface area (Å²) in [7, 11) is 0. The van der Waals surface area contributed by atoms with Crippen molar-refractivity contribution in [1.82, 2.24) is 4.90 Å². The second kappa shape index (κ2) is 7.78. The SMILES string of the molecule is CCOCC(O)CN1CCN(c2ccc(C)c(C)c2)CC1. The highest BCUT2D eigenvalue weighted by molar-refractivity contribution is 5.51. The molecular weight excluding hydrogens is 264 g/mol. The van der Waals surface area contributed by atoms with Crippen molar-refractivity contribution in [2.75, 3.05) is 50.8 Å². The van der Waals surface area contributed by atoms with E-state index in [-0.39, 0.29) is 6.10 Å². The Hall–Kier alpha value is -1.10. The third-order valence-corrected chi connectivity index (χ3v) is 4.21. The summed E-state index contributed by atoms with van der Waals surface area (Å²) in [6.45, 7) is 12.1. The van der Waals surface area contributed by atoms with Gasteiger partial charge in [-0.1, -0.05) is 6.07 Å². The molecule has 0 aliphatic carbocycles. The molecule has 0 radical (unpaired) electrons. The molecule has 118 valence electrons. The van der Waals surface area contributed by atoms with E-state index in [1.165, 1.54) is 16.8 Å². The molecule has 1 aliphatic rings. The predicted molar refractivity (Wildman–Crippen MR) is 87.1 cm³/mol. The van der Waals surface area contributed by atoms with E-state index < -0.39 is 0 Å². The maximum absolute atomic E-state index is 9.90. The number of nitrogens with zero attached hydrogens (tertiary/aromatic N) is 2. The van der Waals surface area contributed by atoms with E-state index in [2.05, 4.69) is 41.8 Å². The van der Waals surface area contributed by atoms with E-state index in [1.54, 1.807) is 0 Å². The normalized spacial score (nSPS) is 18.0. The zero-order valence-corrected chi connectivity index (χ0v) is 13.5. The average Bonchev–Trinajstić information content (AvgIpc) is 2.49. The van der Waals surface area contributed by atoms with Gasteiger partial charge in [0.2, 0.25) is 0 Å². The number of hydrogen-bond donors (Lipinski definition) is 1. The summed E-state index contributed by atoms with van der Waals surface area (Å²) in [4.78, 5) is 4.75. The van der Waals surface area contributed by atoms with Crippen molar-refractivity contribution in [2.45, 2.75) is 26.9 Å². The van der Waals surface area contributed by atoms with Gasteiger partial charge in [-0.3, -0.25) is 4.90 Å². The summed E-state index contributed by atoms with van der Waals surface area (Å²) in [5.41, 5.74) is 4.01. The predicted octanol–water partition coefficient (Wildman–Crippen LogP) is 1.82. The molecule has 1 unspecified atom stereocenters. The third kappa shape index (κ3) is 4.70. The summed E-state index contributed by atoms with van der Waals surface area (Å²) in [6, 6.07) is 6.68. The molecule has 4 heteroatoms. The van der Waals surface area contributed by atoms with Crippen LogP contribution in [0.5, 0.6) is 0 Å². The molecule has 1 fully saturated rings. The number of aliphatic hydroxyl groups is 1. The molecule has 0 bridgehead atoms. The van der Waals surface area contributed by atoms with Gasteiger partial charge in [0.1, 0.15) is 0 Å². The zero-order valence-electron chi connectivity index (χ0n) is 13.5. The minimum atomic E-state index is -0.377. The van der Waals surface area contributed by atoms with Crippen molar-refractivity contribution in [2.24, 2.45) is 0 Å². The van der Waals surface area contributed by atoms with Crippen LogP contribution in [0.3, 0.4) is 0 Å². The highest BCUT2D eigenvalue weighted by atomic mass is 16.5. The average molecular weight is 292 g/mol. The second-order valence-corrected chi connectivity index (χ2v) is 5.87. The number of piperazine rings is 1. The molecule has 21 heavy (non-hydrogen) atoms. The maximum Gasteiger partial charge on any atom is 0.0900 e. The van der Waals surface area contributed by atoms with Gasteiger partial charge in [-0.15, -0.1) is 0 Å². The molecule has 0 saturated carbocycles. The molecule has 1 saturated heterocycles. The number of rotatable bonds is 6. The second-order valence-electron chi connectivity index (χ2n) is 5.87. The molecule has 1 aromatic carbocycles. The first-order chi connectivity index (χ1) is 10.1. The first-order valence-corrected chi connectivity index (χ1v) is 7.90. The summed E-state index contributed by atoms with van der Waals surface area (Å²) in [5, 5.41) is 9.90. The monoisotopic (exact) mass is 292 g/mol. The Balaban J connectivity index is 1.81. The summed E-state index contributed by atoms with van der Waals surface area (Å²) in [6.07, 6.45) is -0.377. The van der Waals surface area contributed by atoms with E-state index in [1.807, 2.05) is 6.92 Å². The lowest BCUT2D eigenvalue weighted by molar-refractivity contribution is 0.0202. The van der Waals surface area contributed by atoms with Crippen LogP contribution in [-0.4, -0.2) is 62.0 Å². The summed E-state index contributed by atoms with van der Waals surface area (Å²) >= 11 is 0. The summed E-state index contributed by atoms with van der Waals surface area (Å²) in [5.74, 6) is 0. The van der Waals surface area contributed by atoms with Gasteiger partial charge >= 0.3 is 0 Å². The van der Waals surface area contributed by atoms with Crippen LogP contribution >= 0.6 is 0 Å². The molecule has 0 spiro atoms. The topological polar surface area (TPSA) is 35.9 Å². The Morgan fingerprint density at radius 3 is 2.48 bits per heavy atom. The standard InChI is InChI=1S/C17H28N2O2/c1-4-21-13-17(20)12-18-7-9-19(10-8-18)16-6-5-14(2)15(3)11-16/h5-6,11,17,20H,4,7-10,12-13H2,1-3H3. The van der Waals surface area contributed by atoms with Crippen molar-refractivity contribution in [3.8, 4) is 0 Å². The van der Waals surface area contributed by atoms with E-state index >= 15 is 0 Å². The van der Waals surface area contributed by atoms with Crippen molar-refractivity contribution >= 4 is 5.69 Å². The van der Waals surface area contributed by atoms with Gasteiger partial charge in [0.15, 0.2) is 0 Å². The third-order valence-electron chi connectivity index (χ3n) is 4.21. The number of β-amino-alcohol motifs (C(OH)–C–C–N with tert-alkyl or cyclic N) is 1. The number of aliphatic hydroxyl groups excluding tert-OH is 1. The van der Waals surface area contributed by atoms with Crippen LogP contribution in [0.15, 0.2) is 18.2 Å². The molecule has 1 atom stereocenters. The molecule has 1 aromatic rings. The first kappa shape index (κ1) is 16.3. The smallest absolute Gasteiger partial charge is 0.0900 e. The molecule has 0 aromatic heterocycles. The van der Waals surface area contributed by atoms with Crippen LogP contribution in [0.1, 0.15) is 18.1 Å². The number of anilines is 1. The fraction of sp³-hybridized carbons (Fsp3) is 0.647. The van der Waals surface area contributed by atoms with Crippen LogP contribution in [0.2, 0.25) is 0 Å². The fourth-order valence-corrected chi connectivity index (χ4v) is 2.72. The van der Waals surface area contributed by atoms with Crippen molar-refractivity contribution in [3.63, 3.8) is 0 Å². The van der Waals surface area contributed by atoms with E-state index in [4.69, 9.17) is 4.74 Å². The van der Waals surface area contributed by atoms with Crippen LogP contribution in [0, 0.1) is 13.8 Å². The molecule has 1 N–H and O–H groups in total. The zero-order chi connectivity index (χ0) is 15.2. The molecule has 4 nitrogen and oxygen atoms in total. The van der Waals surface area contributed by atoms with E-state index in [0.29, 0.717) is 19.8 Å². The van der Waals surface area contributed by atoms with Crippen LogP contribution in [0.4, 0.5) is 5.69 Å². The Kier molecular flexibility index (Phi) is 6.03. The Morgan fingerprint density at radius 1 is 1.14 bits per heavy atom. The molecule has 0 amide bonds. The minimum absolute atomic E-state index is 0.377. The van der Waals surface area contributed by atoms with Gasteiger partial charge < -0.3 is 14.7 Å².